The molecule has 35 heavy (non-hydrogen) atoms. The van der Waals surface area contributed by atoms with Crippen LogP contribution >= 0.6 is 0 Å². The maximum absolute atomic E-state index is 13.8. The van der Waals surface area contributed by atoms with Crippen LogP contribution in [0.1, 0.15) is 12.0 Å². The lowest BCUT2D eigenvalue weighted by atomic mass is 9.96. The molecule has 2 N–H and O–H groups in total. The van der Waals surface area contributed by atoms with Gasteiger partial charge in [0.1, 0.15) is 18.6 Å². The minimum absolute atomic E-state index is 0.0274. The van der Waals surface area contributed by atoms with E-state index in [-0.39, 0.29) is 6.04 Å². The van der Waals surface area contributed by atoms with Crippen molar-refractivity contribution in [2.24, 2.45) is 0 Å². The lowest BCUT2D eigenvalue weighted by molar-refractivity contribution is 0.188. The average molecular weight is 476 g/mol. The van der Waals surface area contributed by atoms with Gasteiger partial charge in [-0.05, 0) is 55.3 Å². The highest BCUT2D eigenvalue weighted by molar-refractivity contribution is 6.00. The van der Waals surface area contributed by atoms with E-state index in [1.807, 2.05) is 18.1 Å². The molecule has 6 rings (SSSR count). The van der Waals surface area contributed by atoms with Crippen molar-refractivity contribution in [2.45, 2.75) is 25.6 Å². The van der Waals surface area contributed by atoms with E-state index in [1.165, 1.54) is 5.56 Å². The number of rotatable bonds is 5. The Kier molecular flexibility index (Phi) is 5.74. The zero-order valence-electron chi connectivity index (χ0n) is 20.1. The van der Waals surface area contributed by atoms with E-state index >= 15 is 0 Å². The Bertz CT molecular complexity index is 1370. The van der Waals surface area contributed by atoms with Crippen LogP contribution in [-0.2, 0) is 0 Å². The molecule has 0 bridgehead atoms. The van der Waals surface area contributed by atoms with Crippen molar-refractivity contribution in [3.63, 3.8) is 0 Å². The molecule has 182 valence electrons. The number of aryl methyl sites for hydroxylation is 1. The van der Waals surface area contributed by atoms with Crippen LogP contribution in [0.15, 0.2) is 36.5 Å². The van der Waals surface area contributed by atoms with E-state index in [4.69, 9.17) is 14.7 Å². The predicted octanol–water partition coefficient (Wildman–Crippen LogP) is 3.31. The highest BCUT2D eigenvalue weighted by Gasteiger charge is 2.30. The van der Waals surface area contributed by atoms with Crippen LogP contribution in [0.4, 0.5) is 10.2 Å². The number of nitrogens with zero attached hydrogens (tertiary/aromatic N) is 5. The van der Waals surface area contributed by atoms with E-state index in [1.54, 1.807) is 0 Å². The Labute approximate surface area is 203 Å². The number of benzene rings is 2. The number of H-pyrrole nitrogens is 1. The molecule has 0 amide bonds. The first-order valence-corrected chi connectivity index (χ1v) is 12.2. The molecular formula is C26H30FN7O. The van der Waals surface area contributed by atoms with Gasteiger partial charge in [-0.2, -0.15) is 15.1 Å². The molecule has 2 aromatic heterocycles. The Morgan fingerprint density at radius 1 is 1.11 bits per heavy atom. The van der Waals surface area contributed by atoms with Gasteiger partial charge in [0.15, 0.2) is 0 Å². The topological polar surface area (TPSA) is 82.2 Å². The summed E-state index contributed by atoms with van der Waals surface area (Å²) >= 11 is 0. The van der Waals surface area contributed by atoms with Gasteiger partial charge in [0.25, 0.3) is 0 Å². The van der Waals surface area contributed by atoms with Gasteiger partial charge in [-0.25, -0.2) is 4.39 Å². The third-order valence-corrected chi connectivity index (χ3v) is 7.24. The highest BCUT2D eigenvalue weighted by Crippen LogP contribution is 2.35. The Balaban J connectivity index is 1.42. The second-order valence-corrected chi connectivity index (χ2v) is 9.62. The summed E-state index contributed by atoms with van der Waals surface area (Å²) in [6.45, 7) is 6.49. The summed E-state index contributed by atoms with van der Waals surface area (Å²) in [6, 6.07) is 10.9. The van der Waals surface area contributed by atoms with Crippen molar-refractivity contribution >= 4 is 27.6 Å². The van der Waals surface area contributed by atoms with Crippen LogP contribution in [0.2, 0.25) is 0 Å². The van der Waals surface area contributed by atoms with Gasteiger partial charge in [0, 0.05) is 49.5 Å². The summed E-state index contributed by atoms with van der Waals surface area (Å²) in [5.41, 5.74) is 5.24. The van der Waals surface area contributed by atoms with Crippen LogP contribution in [0, 0.1) is 6.92 Å². The molecule has 2 saturated heterocycles. The summed E-state index contributed by atoms with van der Waals surface area (Å²) in [5.74, 6) is 0.888. The largest absolute Gasteiger partial charge is 0.462 e. The number of piperazine rings is 1. The smallest absolute Gasteiger partial charge is 0.319 e. The van der Waals surface area contributed by atoms with Crippen molar-refractivity contribution in [1.29, 1.82) is 0 Å². The van der Waals surface area contributed by atoms with E-state index in [9.17, 15) is 4.39 Å². The first kappa shape index (κ1) is 22.2. The van der Waals surface area contributed by atoms with E-state index in [0.29, 0.717) is 25.6 Å². The predicted molar refractivity (Wildman–Crippen MR) is 136 cm³/mol. The minimum Gasteiger partial charge on any atom is -0.462 e. The Morgan fingerprint density at radius 2 is 1.97 bits per heavy atom. The number of likely N-dealkylation sites (tertiary alicyclic amines) is 1. The monoisotopic (exact) mass is 475 g/mol. The quantitative estimate of drug-likeness (QED) is 0.458. The number of alkyl halides is 1. The zero-order chi connectivity index (χ0) is 23.9. The summed E-state index contributed by atoms with van der Waals surface area (Å²) in [5, 5.41) is 12.8. The number of ether oxygens (including phenoxy) is 1. The molecule has 2 fully saturated rings. The highest BCUT2D eigenvalue weighted by atomic mass is 19.1. The summed E-state index contributed by atoms with van der Waals surface area (Å²) < 4.78 is 19.9. The van der Waals surface area contributed by atoms with Gasteiger partial charge in [0.2, 0.25) is 0 Å². The standard InChI is InChI=1S/C26H30FN7O/c1-16-3-6-22-21(13-29-32-22)24(16)17-4-5-20-23(11-17)30-26(31-25(20)34-9-7-28-8-10-34)35-15-19-12-18(27)14-33(19)2/h3-6,11,13,18-19,28H,7-10,12,14-15H2,1-2H3,(H,29,32)/t18-,19+/m1/s1. The molecule has 0 spiro atoms. The molecule has 0 radical (unpaired) electrons. The summed E-state index contributed by atoms with van der Waals surface area (Å²) in [4.78, 5) is 13.9. The number of fused-ring (bicyclic) bond motifs is 2. The Morgan fingerprint density at radius 3 is 2.77 bits per heavy atom. The normalized spacial score (nSPS) is 21.3. The number of halogens is 1. The van der Waals surface area contributed by atoms with Crippen LogP contribution in [0.25, 0.3) is 32.9 Å². The fraction of sp³-hybridized carbons (Fsp3) is 0.423. The second-order valence-electron chi connectivity index (χ2n) is 9.62. The third kappa shape index (κ3) is 4.19. The number of hydrogen-bond donors (Lipinski definition) is 2. The number of hydrogen-bond acceptors (Lipinski definition) is 7. The summed E-state index contributed by atoms with van der Waals surface area (Å²) in [7, 11) is 1.94. The third-order valence-electron chi connectivity index (χ3n) is 7.24. The maximum Gasteiger partial charge on any atom is 0.319 e. The van der Waals surface area contributed by atoms with E-state index in [0.717, 1.165) is 64.9 Å². The van der Waals surface area contributed by atoms with Crippen molar-refractivity contribution < 1.29 is 9.13 Å². The molecule has 0 saturated carbocycles. The van der Waals surface area contributed by atoms with Gasteiger partial charge in [0.05, 0.1) is 17.2 Å². The maximum atomic E-state index is 13.8. The Hall–Kier alpha value is -3.30. The van der Waals surface area contributed by atoms with Crippen molar-refractivity contribution in [3.05, 3.63) is 42.1 Å². The van der Waals surface area contributed by atoms with Crippen LogP contribution in [-0.4, -0.2) is 83.7 Å². The van der Waals surface area contributed by atoms with E-state index < -0.39 is 6.17 Å². The number of anilines is 1. The van der Waals surface area contributed by atoms with Crippen LogP contribution in [0.5, 0.6) is 6.01 Å². The number of nitrogens with one attached hydrogen (secondary N) is 2. The fourth-order valence-electron chi connectivity index (χ4n) is 5.32. The molecular weight excluding hydrogens is 445 g/mol. The fourth-order valence-corrected chi connectivity index (χ4v) is 5.32. The molecule has 8 nitrogen and oxygen atoms in total. The molecule has 0 aliphatic carbocycles. The number of likely N-dealkylation sites (N-methyl/N-ethyl adjacent to an activating group) is 1. The first-order chi connectivity index (χ1) is 17.1. The van der Waals surface area contributed by atoms with Gasteiger partial charge < -0.3 is 15.0 Å². The van der Waals surface area contributed by atoms with Gasteiger partial charge >= 0.3 is 6.01 Å². The van der Waals surface area contributed by atoms with Gasteiger partial charge in [-0.15, -0.1) is 0 Å². The molecule has 9 heteroatoms. The molecule has 4 aromatic rings. The SMILES string of the molecule is Cc1ccc2[nH]ncc2c1-c1ccc2c(N3CCNCC3)nc(OC[C@@H]3C[C@@H](F)CN3C)nc2c1. The van der Waals surface area contributed by atoms with Gasteiger partial charge in [-0.3, -0.25) is 10.00 Å². The van der Waals surface area contributed by atoms with Crippen LogP contribution < -0.4 is 15.0 Å². The molecule has 2 aromatic carbocycles. The van der Waals surface area contributed by atoms with Crippen molar-refractivity contribution in [2.75, 3.05) is 51.3 Å². The van der Waals surface area contributed by atoms with Gasteiger partial charge in [-0.1, -0.05) is 12.1 Å². The van der Waals surface area contributed by atoms with Crippen LogP contribution in [0.3, 0.4) is 0 Å². The van der Waals surface area contributed by atoms with E-state index in [2.05, 4.69) is 57.7 Å². The van der Waals surface area contributed by atoms with Crippen molar-refractivity contribution in [1.82, 2.24) is 30.4 Å². The second kappa shape index (κ2) is 9.05. The lowest BCUT2D eigenvalue weighted by Crippen LogP contribution is -2.44. The number of aromatic nitrogens is 4. The lowest BCUT2D eigenvalue weighted by Gasteiger charge is -2.29. The molecule has 4 heterocycles. The zero-order valence-corrected chi connectivity index (χ0v) is 20.1. The van der Waals surface area contributed by atoms with Crippen molar-refractivity contribution in [3.8, 4) is 17.1 Å². The molecule has 2 atom stereocenters. The number of aromatic amines is 1. The molecule has 2 aliphatic rings. The molecule has 0 unspecified atom stereocenters. The molecule has 2 aliphatic heterocycles. The minimum atomic E-state index is -0.807. The summed E-state index contributed by atoms with van der Waals surface area (Å²) in [6.07, 6.45) is 1.55. The first-order valence-electron chi connectivity index (χ1n) is 12.2. The average Bonchev–Trinajstić information content (AvgIpc) is 3.47.